The first-order chi connectivity index (χ1) is 8.72. The molecule has 0 aliphatic carbocycles. The average Bonchev–Trinajstić information content (AvgIpc) is 2.98. The zero-order valence-electron chi connectivity index (χ0n) is 9.25. The van der Waals surface area contributed by atoms with Gasteiger partial charge in [0, 0.05) is 11.1 Å². The van der Waals surface area contributed by atoms with Gasteiger partial charge in [0.25, 0.3) is 0 Å². The van der Waals surface area contributed by atoms with Crippen LogP contribution in [0.4, 0.5) is 0 Å². The molecule has 1 aromatic rings. The quantitative estimate of drug-likeness (QED) is 0.701. The number of benzene rings is 1. The number of ether oxygens (including phenoxy) is 2. The summed E-state index contributed by atoms with van der Waals surface area (Å²) in [6, 6.07) is 6.95. The van der Waals surface area contributed by atoms with Crippen molar-refractivity contribution in [1.82, 2.24) is 0 Å². The average molecular weight is 244 g/mol. The second kappa shape index (κ2) is 4.06. The van der Waals surface area contributed by atoms with Crippen molar-refractivity contribution >= 4 is 23.7 Å². The molecular formula is C12H8N2O4. The van der Waals surface area contributed by atoms with Crippen molar-refractivity contribution in [2.75, 3.05) is 13.1 Å². The van der Waals surface area contributed by atoms with Crippen molar-refractivity contribution in [3.63, 3.8) is 0 Å². The number of carbonyl (C=O) groups is 2. The van der Waals surface area contributed by atoms with Gasteiger partial charge in [-0.1, -0.05) is 0 Å². The van der Waals surface area contributed by atoms with E-state index in [1.54, 1.807) is 24.3 Å². The molecule has 2 aliphatic heterocycles. The molecule has 0 saturated heterocycles. The van der Waals surface area contributed by atoms with E-state index in [0.29, 0.717) is 22.9 Å². The molecular weight excluding hydrogens is 236 g/mol. The largest absolute Gasteiger partial charge is 0.406 e. The summed E-state index contributed by atoms with van der Waals surface area (Å²) in [5, 5.41) is 0. The van der Waals surface area contributed by atoms with Gasteiger partial charge in [-0.15, -0.1) is 0 Å². The molecule has 0 saturated carbocycles. The van der Waals surface area contributed by atoms with Crippen LogP contribution in [0.1, 0.15) is 11.1 Å². The van der Waals surface area contributed by atoms with Crippen LogP contribution in [-0.2, 0) is 19.1 Å². The lowest BCUT2D eigenvalue weighted by Gasteiger charge is -2.02. The van der Waals surface area contributed by atoms with Crippen molar-refractivity contribution in [2.24, 2.45) is 9.98 Å². The molecule has 0 atom stereocenters. The normalized spacial score (nSPS) is 18.2. The molecule has 2 heterocycles. The summed E-state index contributed by atoms with van der Waals surface area (Å²) in [7, 11) is 0. The summed E-state index contributed by atoms with van der Waals surface area (Å²) in [5.74, 6) is -0.0832. The molecule has 0 radical (unpaired) electrons. The van der Waals surface area contributed by atoms with Crippen molar-refractivity contribution < 1.29 is 19.1 Å². The van der Waals surface area contributed by atoms with Gasteiger partial charge in [-0.3, -0.25) is 0 Å². The number of hydrogen-bond acceptors (Lipinski definition) is 6. The molecule has 1 aromatic carbocycles. The summed E-state index contributed by atoms with van der Waals surface area (Å²) in [4.78, 5) is 29.8. The highest BCUT2D eigenvalue weighted by Crippen LogP contribution is 2.13. The van der Waals surface area contributed by atoms with Crippen LogP contribution in [0, 0.1) is 0 Å². The number of hydrogen-bond donors (Lipinski definition) is 0. The Kier molecular flexibility index (Phi) is 2.40. The summed E-state index contributed by atoms with van der Waals surface area (Å²) in [5.41, 5.74) is 1.41. The Morgan fingerprint density at radius 3 is 1.44 bits per heavy atom. The lowest BCUT2D eigenvalue weighted by molar-refractivity contribution is -0.133. The van der Waals surface area contributed by atoms with E-state index in [1.165, 1.54) is 0 Å². The maximum absolute atomic E-state index is 10.9. The van der Waals surface area contributed by atoms with Crippen LogP contribution in [0.5, 0.6) is 0 Å². The van der Waals surface area contributed by atoms with E-state index in [1.807, 2.05) is 0 Å². The van der Waals surface area contributed by atoms with E-state index in [2.05, 4.69) is 9.98 Å². The van der Waals surface area contributed by atoms with Crippen molar-refractivity contribution in [3.05, 3.63) is 35.4 Å². The fraction of sp³-hybridized carbons (Fsp3) is 0.167. The van der Waals surface area contributed by atoms with E-state index < -0.39 is 0 Å². The Hall–Kier alpha value is -2.50. The Morgan fingerprint density at radius 2 is 1.17 bits per heavy atom. The van der Waals surface area contributed by atoms with Crippen molar-refractivity contribution in [1.29, 1.82) is 0 Å². The van der Waals surface area contributed by atoms with Gasteiger partial charge in [0.2, 0.25) is 11.8 Å². The number of rotatable bonds is 2. The van der Waals surface area contributed by atoms with E-state index in [4.69, 9.17) is 9.47 Å². The fourth-order valence-corrected chi connectivity index (χ4v) is 1.67. The molecule has 18 heavy (non-hydrogen) atoms. The minimum atomic E-state index is -0.358. The third-order valence-corrected chi connectivity index (χ3v) is 2.50. The van der Waals surface area contributed by atoms with Crippen LogP contribution in [-0.4, -0.2) is 36.8 Å². The summed E-state index contributed by atoms with van der Waals surface area (Å²) < 4.78 is 9.85. The zero-order chi connectivity index (χ0) is 12.5. The zero-order valence-corrected chi connectivity index (χ0v) is 9.25. The molecule has 0 amide bonds. The highest BCUT2D eigenvalue weighted by molar-refractivity contribution is 6.07. The van der Waals surface area contributed by atoms with E-state index in [-0.39, 0.29) is 25.0 Å². The molecule has 0 unspecified atom stereocenters. The molecule has 0 aromatic heterocycles. The highest BCUT2D eigenvalue weighted by atomic mass is 16.6. The third-order valence-electron chi connectivity index (χ3n) is 2.50. The van der Waals surface area contributed by atoms with E-state index in [0.717, 1.165) is 0 Å². The number of cyclic esters (lactones) is 2. The highest BCUT2D eigenvalue weighted by Gasteiger charge is 2.20. The second-order valence-electron chi connectivity index (χ2n) is 3.77. The molecule has 3 rings (SSSR count). The number of esters is 2. The predicted molar refractivity (Wildman–Crippen MR) is 61.4 cm³/mol. The van der Waals surface area contributed by atoms with Gasteiger partial charge in [0.05, 0.1) is 0 Å². The van der Waals surface area contributed by atoms with Gasteiger partial charge < -0.3 is 9.47 Å². The predicted octanol–water partition coefficient (Wildman–Crippen LogP) is 0.293. The standard InChI is InChI=1S/C12H8N2O4/c15-9-5-13-11(17-9)7-1-2-8(4-3-7)12-14-6-10(16)18-12/h1-4H,5-6H2. The van der Waals surface area contributed by atoms with Crippen LogP contribution < -0.4 is 0 Å². The Balaban J connectivity index is 1.81. The van der Waals surface area contributed by atoms with Gasteiger partial charge in [0.1, 0.15) is 13.1 Å². The molecule has 0 spiro atoms. The summed E-state index contributed by atoms with van der Waals surface area (Å²) in [6.45, 7) is 0.114. The van der Waals surface area contributed by atoms with Gasteiger partial charge in [-0.25, -0.2) is 19.6 Å². The minimum Gasteiger partial charge on any atom is -0.406 e. The van der Waals surface area contributed by atoms with Crippen molar-refractivity contribution in [3.8, 4) is 0 Å². The number of carbonyl (C=O) groups excluding carboxylic acids is 2. The first kappa shape index (κ1) is 10.6. The second-order valence-corrected chi connectivity index (χ2v) is 3.77. The van der Waals surface area contributed by atoms with Gasteiger partial charge >= 0.3 is 11.9 Å². The molecule has 0 bridgehead atoms. The first-order valence-corrected chi connectivity index (χ1v) is 5.33. The van der Waals surface area contributed by atoms with E-state index >= 15 is 0 Å². The van der Waals surface area contributed by atoms with Gasteiger partial charge in [-0.2, -0.15) is 0 Å². The van der Waals surface area contributed by atoms with Crippen LogP contribution in [0.25, 0.3) is 0 Å². The Morgan fingerprint density at radius 1 is 0.778 bits per heavy atom. The fourth-order valence-electron chi connectivity index (χ4n) is 1.67. The van der Waals surface area contributed by atoms with E-state index in [9.17, 15) is 9.59 Å². The molecule has 90 valence electrons. The van der Waals surface area contributed by atoms with Crippen molar-refractivity contribution in [2.45, 2.75) is 0 Å². The monoisotopic (exact) mass is 244 g/mol. The maximum atomic E-state index is 10.9. The minimum absolute atomic E-state index is 0.0570. The van der Waals surface area contributed by atoms with Crippen LogP contribution in [0.2, 0.25) is 0 Å². The molecule has 0 N–H and O–H groups in total. The Bertz CT molecular complexity index is 534. The third kappa shape index (κ3) is 1.88. The maximum Gasteiger partial charge on any atom is 0.334 e. The molecule has 2 aliphatic rings. The van der Waals surface area contributed by atoms with Crippen LogP contribution in [0.3, 0.4) is 0 Å². The van der Waals surface area contributed by atoms with Gasteiger partial charge in [-0.05, 0) is 24.3 Å². The smallest absolute Gasteiger partial charge is 0.334 e. The van der Waals surface area contributed by atoms with Crippen LogP contribution >= 0.6 is 0 Å². The lowest BCUT2D eigenvalue weighted by Crippen LogP contribution is -2.08. The topological polar surface area (TPSA) is 77.3 Å². The molecule has 0 fully saturated rings. The van der Waals surface area contributed by atoms with Crippen LogP contribution in [0.15, 0.2) is 34.3 Å². The summed E-state index contributed by atoms with van der Waals surface area (Å²) in [6.07, 6.45) is 0. The summed E-state index contributed by atoms with van der Waals surface area (Å²) >= 11 is 0. The van der Waals surface area contributed by atoms with Gasteiger partial charge in [0.15, 0.2) is 0 Å². The molecule has 6 heteroatoms. The number of aliphatic imine (C=N–C) groups is 2. The SMILES string of the molecule is O=C1CN=C(c2ccc(C3=NCC(=O)O3)cc2)O1. The first-order valence-electron chi connectivity index (χ1n) is 5.33. The number of nitrogens with zero attached hydrogens (tertiary/aromatic N) is 2. The Labute approximate surface area is 102 Å². The molecule has 6 nitrogen and oxygen atoms in total. The lowest BCUT2D eigenvalue weighted by atomic mass is 10.1.